The van der Waals surface area contributed by atoms with Crippen LogP contribution in [0.15, 0.2) is 29.7 Å². The Bertz CT molecular complexity index is 536. The van der Waals surface area contributed by atoms with Crippen molar-refractivity contribution in [2.75, 3.05) is 26.2 Å². The van der Waals surface area contributed by atoms with Crippen LogP contribution in [0.2, 0.25) is 0 Å². The Morgan fingerprint density at radius 1 is 1.20 bits per heavy atom. The van der Waals surface area contributed by atoms with E-state index in [4.69, 9.17) is 0 Å². The lowest BCUT2D eigenvalue weighted by molar-refractivity contribution is 0.150. The molecule has 1 saturated heterocycles. The van der Waals surface area contributed by atoms with E-state index in [1.54, 1.807) is 0 Å². The molecular formula is C22H36N2S. The Balaban J connectivity index is 1.91. The van der Waals surface area contributed by atoms with E-state index in [-0.39, 0.29) is 0 Å². The summed E-state index contributed by atoms with van der Waals surface area (Å²) in [5.41, 5.74) is 4.19. The molecule has 0 unspecified atom stereocenters. The molecule has 0 bridgehead atoms. The van der Waals surface area contributed by atoms with Gasteiger partial charge in [-0.25, -0.2) is 4.31 Å². The molecule has 2 nitrogen and oxygen atoms in total. The Labute approximate surface area is 159 Å². The van der Waals surface area contributed by atoms with Crippen molar-refractivity contribution in [1.29, 1.82) is 0 Å². The standard InChI is InChI=1S/C22H36N2S/c1-7-11-23(12-8-17(2)3)21-9-13-24(14-10-21)25-22-19(5)15-18(4)16-20(22)6/h7,15-17,21H,1,8-14H2,2-6H3. The molecule has 0 N–H and O–H groups in total. The Morgan fingerprint density at radius 2 is 1.80 bits per heavy atom. The van der Waals surface area contributed by atoms with E-state index in [2.05, 4.69) is 68.6 Å². The zero-order valence-corrected chi connectivity index (χ0v) is 17.7. The lowest BCUT2D eigenvalue weighted by atomic mass is 10.0. The second-order valence-electron chi connectivity index (χ2n) is 7.95. The van der Waals surface area contributed by atoms with Gasteiger partial charge in [-0.3, -0.25) is 4.90 Å². The average Bonchev–Trinajstić information content (AvgIpc) is 2.55. The number of piperidine rings is 1. The zero-order valence-electron chi connectivity index (χ0n) is 16.8. The lowest BCUT2D eigenvalue weighted by Gasteiger charge is -2.38. The van der Waals surface area contributed by atoms with Crippen LogP contribution in [0.4, 0.5) is 0 Å². The molecule has 0 spiro atoms. The Morgan fingerprint density at radius 3 is 2.32 bits per heavy atom. The fourth-order valence-electron chi connectivity index (χ4n) is 3.75. The van der Waals surface area contributed by atoms with Gasteiger partial charge in [-0.2, -0.15) is 0 Å². The second kappa shape index (κ2) is 9.80. The van der Waals surface area contributed by atoms with Gasteiger partial charge in [0.15, 0.2) is 0 Å². The summed E-state index contributed by atoms with van der Waals surface area (Å²) in [6.07, 6.45) is 5.89. The van der Waals surface area contributed by atoms with E-state index in [0.717, 1.165) is 12.5 Å². The number of benzene rings is 1. The fourth-order valence-corrected chi connectivity index (χ4v) is 4.81. The highest BCUT2D eigenvalue weighted by Gasteiger charge is 2.25. The first-order chi connectivity index (χ1) is 11.9. The van der Waals surface area contributed by atoms with Crippen molar-refractivity contribution in [3.63, 3.8) is 0 Å². The molecule has 25 heavy (non-hydrogen) atoms. The number of aryl methyl sites for hydroxylation is 3. The predicted molar refractivity (Wildman–Crippen MR) is 112 cm³/mol. The summed E-state index contributed by atoms with van der Waals surface area (Å²) < 4.78 is 2.57. The van der Waals surface area contributed by atoms with Crippen LogP contribution in [-0.2, 0) is 0 Å². The Kier molecular flexibility index (Phi) is 8.05. The van der Waals surface area contributed by atoms with Crippen molar-refractivity contribution >= 4 is 11.9 Å². The molecule has 140 valence electrons. The summed E-state index contributed by atoms with van der Waals surface area (Å²) in [5.74, 6) is 0.774. The van der Waals surface area contributed by atoms with Gasteiger partial charge in [-0.1, -0.05) is 37.6 Å². The molecule has 2 rings (SSSR count). The first-order valence-corrected chi connectivity index (χ1v) is 10.5. The van der Waals surface area contributed by atoms with Crippen molar-refractivity contribution in [2.45, 2.75) is 64.8 Å². The van der Waals surface area contributed by atoms with Crippen LogP contribution in [0, 0.1) is 26.7 Å². The first-order valence-electron chi connectivity index (χ1n) is 9.76. The molecule has 0 radical (unpaired) electrons. The van der Waals surface area contributed by atoms with Crippen LogP contribution < -0.4 is 0 Å². The normalized spacial score (nSPS) is 16.8. The predicted octanol–water partition coefficient (Wildman–Crippen LogP) is 5.62. The molecular weight excluding hydrogens is 324 g/mol. The molecule has 0 aliphatic carbocycles. The van der Waals surface area contributed by atoms with Crippen LogP contribution in [0.1, 0.15) is 49.8 Å². The van der Waals surface area contributed by atoms with Crippen LogP contribution in [0.25, 0.3) is 0 Å². The molecule has 1 aromatic rings. The van der Waals surface area contributed by atoms with Crippen molar-refractivity contribution in [2.24, 2.45) is 5.92 Å². The fraction of sp³-hybridized carbons (Fsp3) is 0.636. The topological polar surface area (TPSA) is 6.48 Å². The summed E-state index contributed by atoms with van der Waals surface area (Å²) >= 11 is 1.97. The minimum Gasteiger partial charge on any atom is -0.297 e. The quantitative estimate of drug-likeness (QED) is 0.439. The van der Waals surface area contributed by atoms with Gasteiger partial charge in [0.25, 0.3) is 0 Å². The number of hydrogen-bond donors (Lipinski definition) is 0. The molecule has 1 heterocycles. The smallest absolute Gasteiger partial charge is 0.0288 e. The zero-order chi connectivity index (χ0) is 18.4. The van der Waals surface area contributed by atoms with Gasteiger partial charge < -0.3 is 0 Å². The maximum atomic E-state index is 3.96. The highest BCUT2D eigenvalue weighted by Crippen LogP contribution is 2.33. The molecule has 1 aliphatic heterocycles. The first kappa shape index (κ1) is 20.5. The molecule has 1 fully saturated rings. The minimum absolute atomic E-state index is 0.716. The monoisotopic (exact) mass is 360 g/mol. The van der Waals surface area contributed by atoms with Crippen LogP contribution in [0.3, 0.4) is 0 Å². The van der Waals surface area contributed by atoms with E-state index in [0.29, 0.717) is 6.04 Å². The largest absolute Gasteiger partial charge is 0.297 e. The SMILES string of the molecule is C=CCN(CCC(C)C)C1CCN(Sc2c(C)cc(C)cc2C)CC1. The third kappa shape index (κ3) is 6.16. The Hall–Kier alpha value is -0.770. The van der Waals surface area contributed by atoms with Crippen molar-refractivity contribution in [3.8, 4) is 0 Å². The third-order valence-electron chi connectivity index (χ3n) is 5.12. The maximum Gasteiger partial charge on any atom is 0.0288 e. The molecule has 0 atom stereocenters. The van der Waals surface area contributed by atoms with Gasteiger partial charge in [-0.05, 0) is 75.6 Å². The van der Waals surface area contributed by atoms with Gasteiger partial charge in [-0.15, -0.1) is 6.58 Å². The van der Waals surface area contributed by atoms with Crippen molar-refractivity contribution in [1.82, 2.24) is 9.21 Å². The summed E-state index contributed by atoms with van der Waals surface area (Å²) in [6.45, 7) is 19.9. The van der Waals surface area contributed by atoms with Crippen LogP contribution in [-0.4, -0.2) is 41.4 Å². The van der Waals surface area contributed by atoms with E-state index >= 15 is 0 Å². The molecule has 1 aromatic carbocycles. The van der Waals surface area contributed by atoms with Gasteiger partial charge >= 0.3 is 0 Å². The lowest BCUT2D eigenvalue weighted by Crippen LogP contribution is -2.43. The highest BCUT2D eigenvalue weighted by molar-refractivity contribution is 7.97. The summed E-state index contributed by atoms with van der Waals surface area (Å²) in [5, 5.41) is 0. The third-order valence-corrected chi connectivity index (χ3v) is 6.57. The van der Waals surface area contributed by atoms with E-state index in [1.807, 2.05) is 11.9 Å². The van der Waals surface area contributed by atoms with Crippen LogP contribution in [0.5, 0.6) is 0 Å². The van der Waals surface area contributed by atoms with E-state index < -0.39 is 0 Å². The summed E-state index contributed by atoms with van der Waals surface area (Å²) in [4.78, 5) is 4.10. The summed E-state index contributed by atoms with van der Waals surface area (Å²) in [7, 11) is 0. The van der Waals surface area contributed by atoms with Crippen LogP contribution >= 0.6 is 11.9 Å². The van der Waals surface area contributed by atoms with Gasteiger partial charge in [0, 0.05) is 30.6 Å². The van der Waals surface area contributed by atoms with Gasteiger partial charge in [0.05, 0.1) is 0 Å². The maximum absolute atomic E-state index is 3.96. The van der Waals surface area contributed by atoms with Gasteiger partial charge in [0.2, 0.25) is 0 Å². The molecule has 0 aromatic heterocycles. The number of rotatable bonds is 8. The number of hydrogen-bond acceptors (Lipinski definition) is 3. The minimum atomic E-state index is 0.716. The molecule has 3 heteroatoms. The molecule has 0 saturated carbocycles. The van der Waals surface area contributed by atoms with Crippen molar-refractivity contribution < 1.29 is 0 Å². The van der Waals surface area contributed by atoms with Gasteiger partial charge in [0.1, 0.15) is 0 Å². The molecule has 0 amide bonds. The number of nitrogens with zero attached hydrogens (tertiary/aromatic N) is 2. The molecule has 1 aliphatic rings. The second-order valence-corrected chi connectivity index (χ2v) is 9.05. The van der Waals surface area contributed by atoms with E-state index in [1.165, 1.54) is 60.5 Å². The van der Waals surface area contributed by atoms with E-state index in [9.17, 15) is 0 Å². The average molecular weight is 361 g/mol. The van der Waals surface area contributed by atoms with Crippen molar-refractivity contribution in [3.05, 3.63) is 41.5 Å². The summed E-state index contributed by atoms with van der Waals surface area (Å²) in [6, 6.07) is 5.33. The highest BCUT2D eigenvalue weighted by atomic mass is 32.2.